The Morgan fingerprint density at radius 3 is 1.10 bits per heavy atom. The average molecular weight is 439 g/mol. The van der Waals surface area contributed by atoms with Gasteiger partial charge >= 0.3 is 5.97 Å². The highest BCUT2D eigenvalue weighted by Crippen LogP contribution is 2.13. The number of hydrogen-bond acceptors (Lipinski definition) is 6. The van der Waals surface area contributed by atoms with Gasteiger partial charge < -0.3 is 30.6 Å². The minimum atomic E-state index is -0.954. The van der Waals surface area contributed by atoms with E-state index >= 15 is 0 Å². The molecule has 0 spiro atoms. The predicted molar refractivity (Wildman–Crippen MR) is 122 cm³/mol. The van der Waals surface area contributed by atoms with Crippen LogP contribution in [0.25, 0.3) is 0 Å². The highest BCUT2D eigenvalue weighted by atomic mass is 16.4. The third kappa shape index (κ3) is 41.6. The van der Waals surface area contributed by atoms with E-state index in [-0.39, 0.29) is 26.4 Å². The SMILES string of the molecule is CCCCCCCCCCCCCCCCCC(=O)O.OCC(O)CO.OCCO. The first-order chi connectivity index (χ1) is 14.5. The maximum absolute atomic E-state index is 10.3. The first-order valence-electron chi connectivity index (χ1n) is 11.8. The summed E-state index contributed by atoms with van der Waals surface area (Å²) >= 11 is 0. The van der Waals surface area contributed by atoms with Crippen molar-refractivity contribution in [1.29, 1.82) is 0 Å². The number of hydrogen-bond donors (Lipinski definition) is 6. The van der Waals surface area contributed by atoms with Crippen molar-refractivity contribution < 1.29 is 35.4 Å². The Balaban J connectivity index is -0.000000600. The van der Waals surface area contributed by atoms with Crippen molar-refractivity contribution in [3.8, 4) is 0 Å². The molecule has 0 unspecified atom stereocenters. The first kappa shape index (κ1) is 33.9. The number of rotatable bonds is 19. The van der Waals surface area contributed by atoms with Crippen molar-refractivity contribution in [2.75, 3.05) is 26.4 Å². The molecule has 184 valence electrons. The van der Waals surface area contributed by atoms with Gasteiger partial charge in [-0.05, 0) is 6.42 Å². The third-order valence-electron chi connectivity index (χ3n) is 4.52. The average Bonchev–Trinajstić information content (AvgIpc) is 2.76. The van der Waals surface area contributed by atoms with Gasteiger partial charge in [-0.2, -0.15) is 0 Å². The molecule has 6 N–H and O–H groups in total. The minimum absolute atomic E-state index is 0.125. The summed E-state index contributed by atoms with van der Waals surface area (Å²) in [7, 11) is 0. The second-order valence-corrected chi connectivity index (χ2v) is 7.56. The molecule has 0 saturated carbocycles. The Kier molecular flexibility index (Phi) is 37.2. The van der Waals surface area contributed by atoms with Crippen molar-refractivity contribution in [3.63, 3.8) is 0 Å². The molecule has 0 rings (SSSR count). The second kappa shape index (κ2) is 32.9. The monoisotopic (exact) mass is 438 g/mol. The maximum Gasteiger partial charge on any atom is 0.303 e. The summed E-state index contributed by atoms with van der Waals surface area (Å²) in [6.45, 7) is 1.29. The van der Waals surface area contributed by atoms with Gasteiger partial charge in [-0.15, -0.1) is 0 Å². The topological polar surface area (TPSA) is 138 Å². The first-order valence-corrected chi connectivity index (χ1v) is 11.8. The van der Waals surface area contributed by atoms with Crippen molar-refractivity contribution in [2.45, 2.75) is 116 Å². The van der Waals surface area contributed by atoms with Gasteiger partial charge in [-0.25, -0.2) is 0 Å². The Morgan fingerprint density at radius 1 is 0.600 bits per heavy atom. The molecular weight excluding hydrogens is 388 g/mol. The molecule has 0 aliphatic carbocycles. The Bertz CT molecular complexity index is 295. The fraction of sp³-hybridized carbons (Fsp3) is 0.957. The molecule has 7 nitrogen and oxygen atoms in total. The Labute approximate surface area is 184 Å². The van der Waals surface area contributed by atoms with Gasteiger partial charge in [-0.1, -0.05) is 96.8 Å². The van der Waals surface area contributed by atoms with Crippen LogP contribution >= 0.6 is 0 Å². The van der Waals surface area contributed by atoms with Crippen LogP contribution in [0.15, 0.2) is 0 Å². The summed E-state index contributed by atoms with van der Waals surface area (Å²) in [4.78, 5) is 10.3. The number of carbonyl (C=O) groups is 1. The minimum Gasteiger partial charge on any atom is -0.481 e. The van der Waals surface area contributed by atoms with E-state index in [1.54, 1.807) is 0 Å². The largest absolute Gasteiger partial charge is 0.481 e. The van der Waals surface area contributed by atoms with Gasteiger partial charge in [0.25, 0.3) is 0 Å². The number of carboxylic acid groups (broad SMARTS) is 1. The van der Waals surface area contributed by atoms with Crippen LogP contribution < -0.4 is 0 Å². The van der Waals surface area contributed by atoms with E-state index in [2.05, 4.69) is 6.92 Å². The van der Waals surface area contributed by atoms with E-state index in [1.807, 2.05) is 0 Å². The van der Waals surface area contributed by atoms with Gasteiger partial charge in [0.05, 0.1) is 26.4 Å². The summed E-state index contributed by atoms with van der Waals surface area (Å²) in [5, 5.41) is 47.8. The van der Waals surface area contributed by atoms with E-state index in [9.17, 15) is 4.79 Å². The lowest BCUT2D eigenvalue weighted by Gasteiger charge is -2.03. The number of unbranched alkanes of at least 4 members (excludes halogenated alkanes) is 14. The Morgan fingerprint density at radius 2 is 0.900 bits per heavy atom. The molecule has 0 aliphatic heterocycles. The van der Waals surface area contributed by atoms with E-state index in [0.717, 1.165) is 12.8 Å². The summed E-state index contributed by atoms with van der Waals surface area (Å²) in [5.74, 6) is -0.653. The lowest BCUT2D eigenvalue weighted by atomic mass is 10.0. The molecule has 0 radical (unpaired) electrons. The molecule has 0 heterocycles. The molecule has 0 aromatic carbocycles. The van der Waals surface area contributed by atoms with Crippen LogP contribution in [0.3, 0.4) is 0 Å². The van der Waals surface area contributed by atoms with Crippen molar-refractivity contribution in [2.24, 2.45) is 0 Å². The highest BCUT2D eigenvalue weighted by Gasteiger charge is 1.97. The number of aliphatic carboxylic acids is 1. The lowest BCUT2D eigenvalue weighted by molar-refractivity contribution is -0.137. The zero-order valence-electron chi connectivity index (χ0n) is 19.3. The van der Waals surface area contributed by atoms with Gasteiger partial charge in [-0.3, -0.25) is 4.79 Å². The molecule has 0 aromatic rings. The van der Waals surface area contributed by atoms with Crippen LogP contribution in [-0.2, 0) is 4.79 Å². The molecule has 30 heavy (non-hydrogen) atoms. The fourth-order valence-corrected chi connectivity index (χ4v) is 2.71. The maximum atomic E-state index is 10.3. The van der Waals surface area contributed by atoms with E-state index < -0.39 is 12.1 Å². The van der Waals surface area contributed by atoms with Crippen LogP contribution in [0, 0.1) is 0 Å². The van der Waals surface area contributed by atoms with Crippen LogP contribution in [0.5, 0.6) is 0 Å². The van der Waals surface area contributed by atoms with Crippen molar-refractivity contribution in [1.82, 2.24) is 0 Å². The number of aliphatic hydroxyl groups excluding tert-OH is 5. The number of aliphatic hydroxyl groups is 5. The molecule has 0 bridgehead atoms. The lowest BCUT2D eigenvalue weighted by Crippen LogP contribution is -2.15. The smallest absolute Gasteiger partial charge is 0.303 e. The Hall–Kier alpha value is -0.730. The van der Waals surface area contributed by atoms with Crippen LogP contribution in [0.1, 0.15) is 110 Å². The molecule has 0 aliphatic rings. The van der Waals surface area contributed by atoms with Gasteiger partial charge in [0, 0.05) is 6.42 Å². The molecule has 0 aromatic heterocycles. The van der Waals surface area contributed by atoms with Gasteiger partial charge in [0.15, 0.2) is 0 Å². The second-order valence-electron chi connectivity index (χ2n) is 7.56. The quantitative estimate of drug-likeness (QED) is 0.169. The summed E-state index contributed by atoms with van der Waals surface area (Å²) in [5.41, 5.74) is 0. The molecule has 0 fully saturated rings. The van der Waals surface area contributed by atoms with Crippen molar-refractivity contribution in [3.05, 3.63) is 0 Å². The van der Waals surface area contributed by atoms with E-state index in [1.165, 1.54) is 83.5 Å². The zero-order chi connectivity index (χ0) is 23.3. The summed E-state index contributed by atoms with van der Waals surface area (Å²) in [6, 6.07) is 0. The van der Waals surface area contributed by atoms with E-state index in [0.29, 0.717) is 6.42 Å². The molecule has 0 atom stereocenters. The van der Waals surface area contributed by atoms with Crippen molar-refractivity contribution >= 4 is 5.97 Å². The standard InChI is InChI=1S/C18H36O2.C3H8O3.C2H6O2/c1-2-3-4-5-6-7-8-9-10-11-12-13-14-15-16-17-18(19)20;4-1-3(6)2-5;3-1-2-4/h2-17H2,1H3,(H,19,20);3-6H,1-2H2;3-4H,1-2H2. The summed E-state index contributed by atoms with van der Waals surface area (Å²) < 4.78 is 0. The molecular formula is C23H50O7. The third-order valence-corrected chi connectivity index (χ3v) is 4.52. The molecule has 7 heteroatoms. The predicted octanol–water partition coefficient (Wildman–Crippen LogP) is 3.64. The normalized spacial score (nSPS) is 10.2. The van der Waals surface area contributed by atoms with E-state index in [4.69, 9.17) is 30.6 Å². The zero-order valence-corrected chi connectivity index (χ0v) is 19.3. The van der Waals surface area contributed by atoms with Gasteiger partial charge in [0.1, 0.15) is 6.10 Å². The summed E-state index contributed by atoms with van der Waals surface area (Å²) in [6.07, 6.45) is 19.2. The van der Waals surface area contributed by atoms with Crippen LogP contribution in [0.4, 0.5) is 0 Å². The molecule has 0 amide bonds. The number of carboxylic acids is 1. The van der Waals surface area contributed by atoms with Gasteiger partial charge in [0.2, 0.25) is 0 Å². The highest BCUT2D eigenvalue weighted by molar-refractivity contribution is 5.66. The van der Waals surface area contributed by atoms with Crippen LogP contribution in [-0.4, -0.2) is 69.1 Å². The fourth-order valence-electron chi connectivity index (χ4n) is 2.71. The molecule has 0 saturated heterocycles. The van der Waals surface area contributed by atoms with Crippen LogP contribution in [0.2, 0.25) is 0 Å².